The fraction of sp³-hybridized carbons (Fsp3) is 0.0500. The van der Waals surface area contributed by atoms with Crippen LogP contribution in [0.5, 0.6) is 5.75 Å². The molecule has 0 aliphatic rings. The molecule has 0 radical (unpaired) electrons. The fourth-order valence-electron chi connectivity index (χ4n) is 2.60. The summed E-state index contributed by atoms with van der Waals surface area (Å²) in [5, 5.41) is 11.3. The van der Waals surface area contributed by atoms with E-state index in [1.54, 1.807) is 31.4 Å². The molecular weight excluding hydrogens is 289 g/mol. The van der Waals surface area contributed by atoms with Gasteiger partial charge in [-0.15, -0.1) is 0 Å². The van der Waals surface area contributed by atoms with Gasteiger partial charge in [0.1, 0.15) is 11.6 Å². The number of nitriles is 1. The van der Waals surface area contributed by atoms with Gasteiger partial charge in [0.15, 0.2) is 0 Å². The average Bonchev–Trinajstić information content (AvgIpc) is 2.60. The van der Waals surface area contributed by atoms with Crippen molar-refractivity contribution in [1.29, 1.82) is 5.26 Å². The number of fused-ring (bicyclic) bond motifs is 1. The minimum absolute atomic E-state index is 0.290. The molecule has 0 fully saturated rings. The summed E-state index contributed by atoms with van der Waals surface area (Å²) in [4.78, 5) is 0. The molecule has 0 N–H and O–H groups in total. The van der Waals surface area contributed by atoms with E-state index < -0.39 is 5.82 Å². The van der Waals surface area contributed by atoms with Crippen molar-refractivity contribution in [3.05, 3.63) is 77.6 Å². The van der Waals surface area contributed by atoms with Crippen LogP contribution in [-0.2, 0) is 0 Å². The van der Waals surface area contributed by atoms with E-state index in [1.807, 2.05) is 36.4 Å². The van der Waals surface area contributed by atoms with Crippen LogP contribution in [0.15, 0.2) is 60.7 Å². The molecule has 0 spiro atoms. The minimum Gasteiger partial charge on any atom is -0.496 e. The molecule has 0 atom stereocenters. The minimum atomic E-state index is -0.405. The first-order valence-electron chi connectivity index (χ1n) is 7.17. The van der Waals surface area contributed by atoms with Crippen molar-refractivity contribution >= 4 is 22.4 Å². The van der Waals surface area contributed by atoms with E-state index in [2.05, 4.69) is 6.07 Å². The molecule has 3 aromatic rings. The predicted octanol–water partition coefficient (Wildman–Crippen LogP) is 5.05. The summed E-state index contributed by atoms with van der Waals surface area (Å²) in [5.41, 5.74) is 1.44. The molecular formula is C20H14FNO. The number of allylic oxidation sites excluding steroid dienone is 1. The van der Waals surface area contributed by atoms with Crippen LogP contribution in [-0.4, -0.2) is 7.11 Å². The van der Waals surface area contributed by atoms with Gasteiger partial charge in [0.2, 0.25) is 0 Å². The standard InChI is InChI=1S/C20H14FNO/c1-23-20-11-10-14(16-6-2-3-8-18(16)20)12-15(13-22)17-7-4-5-9-19(17)21/h2-12H,1H3/b15-12-. The van der Waals surface area contributed by atoms with Gasteiger partial charge in [-0.2, -0.15) is 5.26 Å². The highest BCUT2D eigenvalue weighted by Crippen LogP contribution is 2.31. The van der Waals surface area contributed by atoms with Crippen LogP contribution in [0.1, 0.15) is 11.1 Å². The Bertz CT molecular complexity index is 938. The molecule has 0 aliphatic heterocycles. The van der Waals surface area contributed by atoms with Gasteiger partial charge in [0, 0.05) is 10.9 Å². The molecule has 0 unspecified atom stereocenters. The van der Waals surface area contributed by atoms with Crippen LogP contribution >= 0.6 is 0 Å². The number of rotatable bonds is 3. The van der Waals surface area contributed by atoms with Crippen LogP contribution in [0, 0.1) is 17.1 Å². The number of hydrogen-bond acceptors (Lipinski definition) is 2. The highest BCUT2D eigenvalue weighted by molar-refractivity contribution is 6.00. The Morgan fingerprint density at radius 3 is 2.39 bits per heavy atom. The van der Waals surface area contributed by atoms with E-state index in [-0.39, 0.29) is 0 Å². The SMILES string of the molecule is COc1ccc(/C=C(/C#N)c2ccccc2F)c2ccccc12. The molecule has 2 nitrogen and oxygen atoms in total. The number of methoxy groups -OCH3 is 1. The lowest BCUT2D eigenvalue weighted by Crippen LogP contribution is -1.90. The second kappa shape index (κ2) is 6.33. The fourth-order valence-corrected chi connectivity index (χ4v) is 2.60. The van der Waals surface area contributed by atoms with Crippen LogP contribution in [0.2, 0.25) is 0 Å². The quantitative estimate of drug-likeness (QED) is 0.501. The first kappa shape index (κ1) is 14.8. The molecule has 0 saturated carbocycles. The Morgan fingerprint density at radius 2 is 1.70 bits per heavy atom. The zero-order valence-corrected chi connectivity index (χ0v) is 12.6. The Hall–Kier alpha value is -3.12. The number of ether oxygens (including phenoxy) is 1. The van der Waals surface area contributed by atoms with E-state index >= 15 is 0 Å². The normalized spacial score (nSPS) is 11.3. The molecule has 0 amide bonds. The van der Waals surface area contributed by atoms with Gasteiger partial charge in [-0.25, -0.2) is 4.39 Å². The van der Waals surface area contributed by atoms with E-state index in [4.69, 9.17) is 4.74 Å². The summed E-state index contributed by atoms with van der Waals surface area (Å²) in [6.45, 7) is 0. The summed E-state index contributed by atoms with van der Waals surface area (Å²) in [7, 11) is 1.62. The smallest absolute Gasteiger partial charge is 0.131 e. The van der Waals surface area contributed by atoms with E-state index in [1.165, 1.54) is 6.07 Å². The lowest BCUT2D eigenvalue weighted by Gasteiger charge is -2.09. The number of hydrogen-bond donors (Lipinski definition) is 0. The van der Waals surface area contributed by atoms with Gasteiger partial charge in [0.25, 0.3) is 0 Å². The van der Waals surface area contributed by atoms with Gasteiger partial charge in [-0.1, -0.05) is 48.5 Å². The highest BCUT2D eigenvalue weighted by Gasteiger charge is 2.09. The second-order valence-electron chi connectivity index (χ2n) is 5.05. The van der Waals surface area contributed by atoms with Crippen molar-refractivity contribution in [1.82, 2.24) is 0 Å². The van der Waals surface area contributed by atoms with E-state index in [0.717, 1.165) is 22.1 Å². The Morgan fingerprint density at radius 1 is 1.00 bits per heavy atom. The molecule has 0 heterocycles. The number of benzene rings is 3. The lowest BCUT2D eigenvalue weighted by molar-refractivity contribution is 0.420. The Kier molecular flexibility index (Phi) is 4.07. The van der Waals surface area contributed by atoms with Crippen molar-refractivity contribution in [2.75, 3.05) is 7.11 Å². The summed E-state index contributed by atoms with van der Waals surface area (Å²) in [6.07, 6.45) is 1.71. The maximum Gasteiger partial charge on any atom is 0.131 e. The van der Waals surface area contributed by atoms with Crippen LogP contribution < -0.4 is 4.74 Å². The summed E-state index contributed by atoms with van der Waals surface area (Å²) < 4.78 is 19.3. The summed E-state index contributed by atoms with van der Waals surface area (Å²) in [6, 6.07) is 19.9. The van der Waals surface area contributed by atoms with Gasteiger partial charge in [-0.05, 0) is 29.2 Å². The van der Waals surface area contributed by atoms with E-state index in [0.29, 0.717) is 11.1 Å². The van der Waals surface area contributed by atoms with Crippen molar-refractivity contribution in [2.24, 2.45) is 0 Å². The highest BCUT2D eigenvalue weighted by atomic mass is 19.1. The van der Waals surface area contributed by atoms with E-state index in [9.17, 15) is 9.65 Å². The molecule has 23 heavy (non-hydrogen) atoms. The average molecular weight is 303 g/mol. The van der Waals surface area contributed by atoms with Gasteiger partial charge < -0.3 is 4.74 Å². The first-order valence-corrected chi connectivity index (χ1v) is 7.17. The molecule has 3 aromatic carbocycles. The third kappa shape index (κ3) is 2.79. The van der Waals surface area contributed by atoms with Crippen LogP contribution in [0.25, 0.3) is 22.4 Å². The van der Waals surface area contributed by atoms with Crippen molar-refractivity contribution < 1.29 is 9.13 Å². The zero-order valence-electron chi connectivity index (χ0n) is 12.6. The Balaban J connectivity index is 2.21. The predicted molar refractivity (Wildman–Crippen MR) is 90.4 cm³/mol. The molecule has 0 bridgehead atoms. The Labute approximate surface area is 134 Å². The lowest BCUT2D eigenvalue weighted by atomic mass is 9.99. The first-order chi connectivity index (χ1) is 11.2. The largest absolute Gasteiger partial charge is 0.496 e. The summed E-state index contributed by atoms with van der Waals surface area (Å²) >= 11 is 0. The van der Waals surface area contributed by atoms with Crippen molar-refractivity contribution in [3.8, 4) is 11.8 Å². The summed E-state index contributed by atoms with van der Waals surface area (Å²) in [5.74, 6) is 0.361. The molecule has 0 aliphatic carbocycles. The van der Waals surface area contributed by atoms with Crippen LogP contribution in [0.3, 0.4) is 0 Å². The maximum absolute atomic E-state index is 14.0. The van der Waals surface area contributed by atoms with Crippen molar-refractivity contribution in [3.63, 3.8) is 0 Å². The second-order valence-corrected chi connectivity index (χ2v) is 5.05. The molecule has 112 valence electrons. The van der Waals surface area contributed by atoms with Crippen LogP contribution in [0.4, 0.5) is 4.39 Å². The van der Waals surface area contributed by atoms with Gasteiger partial charge in [-0.3, -0.25) is 0 Å². The monoisotopic (exact) mass is 303 g/mol. The van der Waals surface area contributed by atoms with Gasteiger partial charge in [0.05, 0.1) is 18.8 Å². The molecule has 3 rings (SSSR count). The topological polar surface area (TPSA) is 33.0 Å². The molecule has 0 saturated heterocycles. The maximum atomic E-state index is 14.0. The van der Waals surface area contributed by atoms with Gasteiger partial charge >= 0.3 is 0 Å². The third-order valence-electron chi connectivity index (χ3n) is 3.72. The third-order valence-corrected chi connectivity index (χ3v) is 3.72. The number of halogens is 1. The number of nitrogens with zero attached hydrogens (tertiary/aromatic N) is 1. The molecule has 0 aromatic heterocycles. The van der Waals surface area contributed by atoms with Crippen molar-refractivity contribution in [2.45, 2.75) is 0 Å². The molecule has 3 heteroatoms. The zero-order chi connectivity index (χ0) is 16.2.